The van der Waals surface area contributed by atoms with Crippen LogP contribution in [0.4, 0.5) is 0 Å². The Balaban J connectivity index is 2.60. The molecule has 4 nitrogen and oxygen atoms in total. The van der Waals surface area contributed by atoms with E-state index >= 15 is 0 Å². The third-order valence-corrected chi connectivity index (χ3v) is 2.11. The van der Waals surface area contributed by atoms with E-state index in [1.807, 2.05) is 11.9 Å². The second-order valence-corrected chi connectivity index (χ2v) is 3.05. The quantitative estimate of drug-likeness (QED) is 0.400. The van der Waals surface area contributed by atoms with Crippen molar-refractivity contribution in [3.63, 3.8) is 0 Å². The Bertz CT molecular complexity index is 194. The van der Waals surface area contributed by atoms with Gasteiger partial charge in [0.05, 0.1) is 7.11 Å². The summed E-state index contributed by atoms with van der Waals surface area (Å²) in [5.41, 5.74) is 0. The number of likely N-dealkylation sites (tertiary alicyclic amines) is 1. The molecule has 0 saturated carbocycles. The molecule has 1 atom stereocenters. The van der Waals surface area contributed by atoms with Crippen LogP contribution in [0.5, 0.6) is 0 Å². The van der Waals surface area contributed by atoms with Gasteiger partial charge in [0.15, 0.2) is 0 Å². The first kappa shape index (κ1) is 9.19. The average Bonchev–Trinajstić information content (AvgIpc) is 2.08. The molecule has 0 spiro atoms. The van der Waals surface area contributed by atoms with Crippen molar-refractivity contribution >= 4 is 11.8 Å². The largest absolute Gasteiger partial charge is 0.468 e. The number of Topliss-reactive ketones (excluding diaryl/α,β-unsaturated/α-hetero) is 1. The second kappa shape index (κ2) is 3.67. The first-order valence-corrected chi connectivity index (χ1v) is 3.94. The van der Waals surface area contributed by atoms with E-state index < -0.39 is 11.9 Å². The van der Waals surface area contributed by atoms with E-state index in [0.717, 1.165) is 6.54 Å². The summed E-state index contributed by atoms with van der Waals surface area (Å²) < 4.78 is 4.52. The number of carbonyl (C=O) groups is 2. The molecule has 0 aliphatic carbocycles. The van der Waals surface area contributed by atoms with E-state index in [1.165, 1.54) is 7.11 Å². The lowest BCUT2D eigenvalue weighted by Crippen LogP contribution is -2.42. The number of ketones is 1. The second-order valence-electron chi connectivity index (χ2n) is 3.05. The van der Waals surface area contributed by atoms with Crippen LogP contribution in [0.1, 0.15) is 6.42 Å². The van der Waals surface area contributed by atoms with Gasteiger partial charge in [0.1, 0.15) is 11.7 Å². The number of ether oxygens (including phenoxy) is 1. The topological polar surface area (TPSA) is 46.6 Å². The van der Waals surface area contributed by atoms with Gasteiger partial charge in [-0.15, -0.1) is 0 Å². The summed E-state index contributed by atoms with van der Waals surface area (Å²) in [5.74, 6) is -0.972. The molecule has 0 aromatic rings. The van der Waals surface area contributed by atoms with E-state index in [4.69, 9.17) is 0 Å². The Kier molecular flexibility index (Phi) is 2.81. The van der Waals surface area contributed by atoms with Crippen LogP contribution in [0.25, 0.3) is 0 Å². The highest BCUT2D eigenvalue weighted by molar-refractivity contribution is 5.99. The van der Waals surface area contributed by atoms with Crippen molar-refractivity contribution < 1.29 is 14.3 Å². The monoisotopic (exact) mass is 171 g/mol. The predicted octanol–water partition coefficient (Wildman–Crippen LogP) is -0.320. The summed E-state index contributed by atoms with van der Waals surface area (Å²) in [5, 5.41) is 0. The predicted molar refractivity (Wildman–Crippen MR) is 42.6 cm³/mol. The molecule has 0 aromatic heterocycles. The molecule has 1 unspecified atom stereocenters. The standard InChI is InChI=1S/C8H13NO3/c1-9-4-3-7(10)6(5-9)8(11)12-2/h6H,3-5H2,1-2H3. The lowest BCUT2D eigenvalue weighted by atomic mass is 9.97. The van der Waals surface area contributed by atoms with Crippen LogP contribution < -0.4 is 0 Å². The summed E-state index contributed by atoms with van der Waals surface area (Å²) in [6.45, 7) is 1.23. The minimum atomic E-state index is -0.561. The number of hydrogen-bond donors (Lipinski definition) is 0. The average molecular weight is 171 g/mol. The summed E-state index contributed by atoms with van der Waals surface area (Å²) >= 11 is 0. The molecule has 0 N–H and O–H groups in total. The third-order valence-electron chi connectivity index (χ3n) is 2.11. The SMILES string of the molecule is COC(=O)C1CN(C)CCC1=O. The molecule has 1 aliphatic heterocycles. The fourth-order valence-corrected chi connectivity index (χ4v) is 1.33. The van der Waals surface area contributed by atoms with E-state index in [2.05, 4.69) is 4.74 Å². The van der Waals surface area contributed by atoms with Gasteiger partial charge in [-0.1, -0.05) is 0 Å². The van der Waals surface area contributed by atoms with Gasteiger partial charge >= 0.3 is 5.97 Å². The van der Waals surface area contributed by atoms with Crippen LogP contribution in [0.3, 0.4) is 0 Å². The van der Waals surface area contributed by atoms with Crippen LogP contribution in [-0.2, 0) is 14.3 Å². The normalized spacial score (nSPS) is 25.5. The minimum Gasteiger partial charge on any atom is -0.468 e. The molecule has 0 amide bonds. The molecule has 68 valence electrons. The minimum absolute atomic E-state index is 0.0000463. The van der Waals surface area contributed by atoms with Crippen LogP contribution in [-0.4, -0.2) is 43.9 Å². The first-order chi connectivity index (χ1) is 5.65. The summed E-state index contributed by atoms with van der Waals surface area (Å²) in [4.78, 5) is 24.2. The number of hydrogen-bond acceptors (Lipinski definition) is 4. The Morgan fingerprint density at radius 2 is 2.33 bits per heavy atom. The van der Waals surface area contributed by atoms with Crippen LogP contribution in [0.2, 0.25) is 0 Å². The maximum Gasteiger partial charge on any atom is 0.317 e. The van der Waals surface area contributed by atoms with Crippen molar-refractivity contribution in [3.05, 3.63) is 0 Å². The lowest BCUT2D eigenvalue weighted by molar-refractivity contribution is -0.151. The highest BCUT2D eigenvalue weighted by Crippen LogP contribution is 2.12. The number of esters is 1. The van der Waals surface area contributed by atoms with Gasteiger partial charge in [-0.2, -0.15) is 0 Å². The molecule has 4 heteroatoms. The van der Waals surface area contributed by atoms with Gasteiger partial charge in [-0.25, -0.2) is 0 Å². The molecule has 0 aromatic carbocycles. The maximum absolute atomic E-state index is 11.2. The fourth-order valence-electron chi connectivity index (χ4n) is 1.33. The molecular formula is C8H13NO3. The smallest absolute Gasteiger partial charge is 0.317 e. The van der Waals surface area contributed by atoms with Crippen molar-refractivity contribution in [2.75, 3.05) is 27.2 Å². The van der Waals surface area contributed by atoms with Crippen LogP contribution in [0.15, 0.2) is 0 Å². The third kappa shape index (κ3) is 1.82. The number of piperidine rings is 1. The Labute approximate surface area is 71.5 Å². The molecular weight excluding hydrogens is 158 g/mol. The van der Waals surface area contributed by atoms with Gasteiger partial charge < -0.3 is 9.64 Å². The highest BCUT2D eigenvalue weighted by Gasteiger charge is 2.31. The molecule has 0 bridgehead atoms. The summed E-state index contributed by atoms with van der Waals surface area (Å²) in [6.07, 6.45) is 0.455. The molecule has 1 rings (SSSR count). The molecule has 0 radical (unpaired) electrons. The number of carbonyl (C=O) groups excluding carboxylic acids is 2. The van der Waals surface area contributed by atoms with E-state index in [-0.39, 0.29) is 5.78 Å². The highest BCUT2D eigenvalue weighted by atomic mass is 16.5. The van der Waals surface area contributed by atoms with Gasteiger partial charge in [0, 0.05) is 19.5 Å². The Morgan fingerprint density at radius 1 is 1.67 bits per heavy atom. The van der Waals surface area contributed by atoms with Crippen LogP contribution >= 0.6 is 0 Å². The first-order valence-electron chi connectivity index (χ1n) is 3.94. The van der Waals surface area contributed by atoms with Crippen molar-refractivity contribution in [2.24, 2.45) is 5.92 Å². The van der Waals surface area contributed by atoms with Crippen LogP contribution in [0, 0.1) is 5.92 Å². The molecule has 1 saturated heterocycles. The van der Waals surface area contributed by atoms with Crippen molar-refractivity contribution in [1.29, 1.82) is 0 Å². The molecule has 12 heavy (non-hydrogen) atoms. The zero-order valence-electron chi connectivity index (χ0n) is 7.37. The summed E-state index contributed by atoms with van der Waals surface area (Å²) in [6, 6.07) is 0. The van der Waals surface area contributed by atoms with Gasteiger partial charge in [0.25, 0.3) is 0 Å². The number of rotatable bonds is 1. The fraction of sp³-hybridized carbons (Fsp3) is 0.750. The van der Waals surface area contributed by atoms with Gasteiger partial charge in [-0.05, 0) is 7.05 Å². The molecule has 1 aliphatic rings. The number of nitrogens with zero attached hydrogens (tertiary/aromatic N) is 1. The molecule has 1 heterocycles. The zero-order valence-corrected chi connectivity index (χ0v) is 7.37. The van der Waals surface area contributed by atoms with Gasteiger partial charge in [-0.3, -0.25) is 9.59 Å². The van der Waals surface area contributed by atoms with E-state index in [0.29, 0.717) is 13.0 Å². The van der Waals surface area contributed by atoms with E-state index in [1.54, 1.807) is 0 Å². The zero-order chi connectivity index (χ0) is 9.14. The summed E-state index contributed by atoms with van der Waals surface area (Å²) in [7, 11) is 3.20. The Hall–Kier alpha value is -0.900. The number of methoxy groups -OCH3 is 1. The maximum atomic E-state index is 11.2. The van der Waals surface area contributed by atoms with Crippen molar-refractivity contribution in [3.8, 4) is 0 Å². The van der Waals surface area contributed by atoms with Crippen molar-refractivity contribution in [2.45, 2.75) is 6.42 Å². The van der Waals surface area contributed by atoms with E-state index in [9.17, 15) is 9.59 Å². The van der Waals surface area contributed by atoms with Crippen molar-refractivity contribution in [1.82, 2.24) is 4.90 Å². The molecule has 1 fully saturated rings. The van der Waals surface area contributed by atoms with Gasteiger partial charge in [0.2, 0.25) is 0 Å². The Morgan fingerprint density at radius 3 is 2.92 bits per heavy atom. The lowest BCUT2D eigenvalue weighted by Gasteiger charge is -2.26.